The minimum absolute atomic E-state index is 0.764. The first kappa shape index (κ1) is 10.4. The van der Waals surface area contributed by atoms with Gasteiger partial charge in [-0.05, 0) is 31.0 Å². The fraction of sp³-hybridized carbons (Fsp3) is 0.273. The predicted octanol–water partition coefficient (Wildman–Crippen LogP) is 2.71. The van der Waals surface area contributed by atoms with Crippen molar-refractivity contribution in [2.45, 2.75) is 20.4 Å². The number of rotatable bonds is 2. The van der Waals surface area contributed by atoms with E-state index in [0.717, 1.165) is 16.7 Å². The molecule has 0 atom stereocenters. The average molecular weight is 266 g/mol. The third-order valence-corrected chi connectivity index (χ3v) is 3.09. The van der Waals surface area contributed by atoms with E-state index in [9.17, 15) is 0 Å². The molecule has 78 valence electrons. The number of aromatic nitrogens is 3. The van der Waals surface area contributed by atoms with Crippen molar-refractivity contribution in [3.63, 3.8) is 0 Å². The maximum Gasteiger partial charge on any atom is 0.0796 e. The van der Waals surface area contributed by atoms with Crippen LogP contribution in [0.4, 0.5) is 0 Å². The van der Waals surface area contributed by atoms with E-state index in [2.05, 4.69) is 51.4 Å². The molecule has 2 rings (SSSR count). The van der Waals surface area contributed by atoms with Gasteiger partial charge in [0.15, 0.2) is 0 Å². The summed E-state index contributed by atoms with van der Waals surface area (Å²) in [4.78, 5) is 0. The normalized spacial score (nSPS) is 10.6. The van der Waals surface area contributed by atoms with Crippen LogP contribution < -0.4 is 0 Å². The SMILES string of the molecule is Cc1cn(Cc2ccc(C)c(Br)c2)nn1. The van der Waals surface area contributed by atoms with Gasteiger partial charge in [-0.2, -0.15) is 0 Å². The van der Waals surface area contributed by atoms with Crippen LogP contribution in [-0.4, -0.2) is 15.0 Å². The Morgan fingerprint density at radius 1 is 1.33 bits per heavy atom. The summed E-state index contributed by atoms with van der Waals surface area (Å²) in [6.07, 6.45) is 1.94. The Labute approximate surface area is 97.2 Å². The van der Waals surface area contributed by atoms with Crippen LogP contribution >= 0.6 is 15.9 Å². The van der Waals surface area contributed by atoms with Crippen LogP contribution in [0, 0.1) is 13.8 Å². The van der Waals surface area contributed by atoms with E-state index in [1.165, 1.54) is 11.1 Å². The monoisotopic (exact) mass is 265 g/mol. The highest BCUT2D eigenvalue weighted by Gasteiger charge is 2.00. The van der Waals surface area contributed by atoms with Crippen LogP contribution in [0.15, 0.2) is 28.9 Å². The van der Waals surface area contributed by atoms with E-state index in [1.807, 2.05) is 17.8 Å². The Bertz CT molecular complexity index is 476. The zero-order valence-electron chi connectivity index (χ0n) is 8.74. The van der Waals surface area contributed by atoms with Gasteiger partial charge < -0.3 is 0 Å². The topological polar surface area (TPSA) is 30.7 Å². The second-order valence-electron chi connectivity index (χ2n) is 3.64. The van der Waals surface area contributed by atoms with Crippen LogP contribution in [0.3, 0.4) is 0 Å². The minimum Gasteiger partial charge on any atom is -0.248 e. The molecule has 3 nitrogen and oxygen atoms in total. The molecular weight excluding hydrogens is 254 g/mol. The lowest BCUT2D eigenvalue weighted by Gasteiger charge is -2.03. The van der Waals surface area contributed by atoms with E-state index in [-0.39, 0.29) is 0 Å². The summed E-state index contributed by atoms with van der Waals surface area (Å²) in [5, 5.41) is 7.97. The van der Waals surface area contributed by atoms with Crippen LogP contribution in [0.1, 0.15) is 16.8 Å². The summed E-state index contributed by atoms with van der Waals surface area (Å²) in [6, 6.07) is 6.33. The Morgan fingerprint density at radius 2 is 2.13 bits per heavy atom. The quantitative estimate of drug-likeness (QED) is 0.836. The van der Waals surface area contributed by atoms with Crippen molar-refractivity contribution in [1.29, 1.82) is 0 Å². The molecule has 15 heavy (non-hydrogen) atoms. The Kier molecular flexibility index (Phi) is 2.86. The second kappa shape index (κ2) is 4.14. The number of hydrogen-bond acceptors (Lipinski definition) is 2. The zero-order valence-corrected chi connectivity index (χ0v) is 10.3. The van der Waals surface area contributed by atoms with Gasteiger partial charge >= 0.3 is 0 Å². The van der Waals surface area contributed by atoms with Crippen LogP contribution in [0.2, 0.25) is 0 Å². The van der Waals surface area contributed by atoms with Crippen LogP contribution in [-0.2, 0) is 6.54 Å². The molecule has 0 bridgehead atoms. The van der Waals surface area contributed by atoms with Crippen molar-refractivity contribution in [2.24, 2.45) is 0 Å². The van der Waals surface area contributed by atoms with E-state index in [4.69, 9.17) is 0 Å². The Morgan fingerprint density at radius 3 is 2.73 bits per heavy atom. The van der Waals surface area contributed by atoms with Crippen molar-refractivity contribution < 1.29 is 0 Å². The lowest BCUT2D eigenvalue weighted by Crippen LogP contribution is -2.00. The molecule has 0 aliphatic rings. The zero-order chi connectivity index (χ0) is 10.8. The van der Waals surface area contributed by atoms with Crippen molar-refractivity contribution in [3.05, 3.63) is 45.7 Å². The smallest absolute Gasteiger partial charge is 0.0796 e. The number of aryl methyl sites for hydroxylation is 2. The fourth-order valence-electron chi connectivity index (χ4n) is 1.39. The van der Waals surface area contributed by atoms with Crippen LogP contribution in [0.5, 0.6) is 0 Å². The van der Waals surface area contributed by atoms with Gasteiger partial charge in [0.1, 0.15) is 0 Å². The summed E-state index contributed by atoms with van der Waals surface area (Å²) < 4.78 is 2.98. The number of benzene rings is 1. The predicted molar refractivity (Wildman–Crippen MR) is 62.7 cm³/mol. The molecule has 2 aromatic rings. The highest BCUT2D eigenvalue weighted by molar-refractivity contribution is 9.10. The lowest BCUT2D eigenvalue weighted by atomic mass is 10.1. The third kappa shape index (κ3) is 2.45. The van der Waals surface area contributed by atoms with Gasteiger partial charge in [0.25, 0.3) is 0 Å². The van der Waals surface area contributed by atoms with Crippen molar-refractivity contribution in [1.82, 2.24) is 15.0 Å². The molecule has 0 N–H and O–H groups in total. The standard InChI is InChI=1S/C11H12BrN3/c1-8-3-4-10(5-11(8)12)7-15-6-9(2)13-14-15/h3-6H,7H2,1-2H3. The molecule has 0 saturated carbocycles. The first-order chi connectivity index (χ1) is 7.15. The molecule has 1 heterocycles. The van der Waals surface area contributed by atoms with Gasteiger partial charge in [-0.25, -0.2) is 4.68 Å². The molecule has 0 fully saturated rings. The molecule has 0 radical (unpaired) electrons. The molecule has 0 aliphatic heterocycles. The van der Waals surface area contributed by atoms with Crippen molar-refractivity contribution in [2.75, 3.05) is 0 Å². The largest absolute Gasteiger partial charge is 0.248 e. The number of halogens is 1. The van der Waals surface area contributed by atoms with Gasteiger partial charge in [-0.15, -0.1) is 5.10 Å². The van der Waals surface area contributed by atoms with Gasteiger partial charge in [0, 0.05) is 10.7 Å². The first-order valence-corrected chi connectivity index (χ1v) is 5.56. The second-order valence-corrected chi connectivity index (χ2v) is 4.50. The van der Waals surface area contributed by atoms with E-state index in [1.54, 1.807) is 0 Å². The summed E-state index contributed by atoms with van der Waals surface area (Å²) in [5.41, 5.74) is 3.41. The molecular formula is C11H12BrN3. The highest BCUT2D eigenvalue weighted by atomic mass is 79.9. The Balaban J connectivity index is 2.21. The molecule has 1 aromatic heterocycles. The number of hydrogen-bond donors (Lipinski definition) is 0. The molecule has 0 spiro atoms. The summed E-state index contributed by atoms with van der Waals surface area (Å²) in [7, 11) is 0. The van der Waals surface area contributed by atoms with Gasteiger partial charge in [-0.3, -0.25) is 0 Å². The van der Waals surface area contributed by atoms with Crippen LogP contribution in [0.25, 0.3) is 0 Å². The maximum atomic E-state index is 4.01. The van der Waals surface area contributed by atoms with Crippen molar-refractivity contribution >= 4 is 15.9 Å². The molecule has 0 aliphatic carbocycles. The highest BCUT2D eigenvalue weighted by Crippen LogP contribution is 2.17. The third-order valence-electron chi connectivity index (χ3n) is 2.23. The summed E-state index contributed by atoms with van der Waals surface area (Å²) in [5.74, 6) is 0. The van der Waals surface area contributed by atoms with Gasteiger partial charge in [-0.1, -0.05) is 33.3 Å². The van der Waals surface area contributed by atoms with Crippen molar-refractivity contribution in [3.8, 4) is 0 Å². The van der Waals surface area contributed by atoms with E-state index >= 15 is 0 Å². The first-order valence-electron chi connectivity index (χ1n) is 4.77. The molecule has 0 saturated heterocycles. The molecule has 0 unspecified atom stereocenters. The van der Waals surface area contributed by atoms with Gasteiger partial charge in [0.2, 0.25) is 0 Å². The fourth-order valence-corrected chi connectivity index (χ4v) is 1.82. The lowest BCUT2D eigenvalue weighted by molar-refractivity contribution is 0.649. The molecule has 0 amide bonds. The Hall–Kier alpha value is -1.16. The van der Waals surface area contributed by atoms with E-state index < -0.39 is 0 Å². The van der Waals surface area contributed by atoms with Gasteiger partial charge in [0.05, 0.1) is 12.2 Å². The number of nitrogens with zero attached hydrogens (tertiary/aromatic N) is 3. The molecule has 1 aromatic carbocycles. The summed E-state index contributed by atoms with van der Waals surface area (Å²) >= 11 is 3.52. The molecule has 4 heteroatoms. The average Bonchev–Trinajstić information content (AvgIpc) is 2.58. The van der Waals surface area contributed by atoms with E-state index in [0.29, 0.717) is 0 Å². The maximum absolute atomic E-state index is 4.01. The minimum atomic E-state index is 0.764. The summed E-state index contributed by atoms with van der Waals surface area (Å²) in [6.45, 7) is 4.78.